The standard InChI is InChI=1S/C14H18ClN3O3/c1-7(2)5-18(6-12(16)19)11-4-10-8(3-9(11)15)13(20)14(21)17-10/h3-4,7,13,20H,5-6H2,1-2H3,(H2,16,19)(H,17,21). The van der Waals surface area contributed by atoms with E-state index >= 15 is 0 Å². The quantitative estimate of drug-likeness (QED) is 0.763. The molecule has 1 aromatic carbocycles. The minimum absolute atomic E-state index is 0.0349. The minimum Gasteiger partial charge on any atom is -0.378 e. The van der Waals surface area contributed by atoms with Gasteiger partial charge in [0.2, 0.25) is 5.91 Å². The lowest BCUT2D eigenvalue weighted by molar-refractivity contribution is -0.123. The molecular weight excluding hydrogens is 294 g/mol. The van der Waals surface area contributed by atoms with Crippen LogP contribution in [0.25, 0.3) is 0 Å². The van der Waals surface area contributed by atoms with Crippen LogP contribution in [0.4, 0.5) is 11.4 Å². The first kappa shape index (κ1) is 15.6. The molecule has 0 aliphatic carbocycles. The number of hydrogen-bond donors (Lipinski definition) is 3. The number of rotatable bonds is 5. The Balaban J connectivity index is 2.40. The Hall–Kier alpha value is -1.79. The Morgan fingerprint density at radius 3 is 2.76 bits per heavy atom. The van der Waals surface area contributed by atoms with Crippen LogP contribution in [-0.2, 0) is 9.59 Å². The van der Waals surface area contributed by atoms with Crippen molar-refractivity contribution in [3.63, 3.8) is 0 Å². The molecule has 1 aromatic rings. The van der Waals surface area contributed by atoms with Gasteiger partial charge in [0.05, 0.1) is 17.3 Å². The highest BCUT2D eigenvalue weighted by atomic mass is 35.5. The zero-order valence-corrected chi connectivity index (χ0v) is 12.6. The second-order valence-electron chi connectivity index (χ2n) is 5.52. The van der Waals surface area contributed by atoms with E-state index in [0.29, 0.717) is 34.4 Å². The van der Waals surface area contributed by atoms with Crippen molar-refractivity contribution in [2.75, 3.05) is 23.3 Å². The molecule has 2 amide bonds. The maximum Gasteiger partial charge on any atom is 0.257 e. The number of carbonyl (C=O) groups excluding carboxylic acids is 2. The molecule has 114 valence electrons. The SMILES string of the molecule is CC(C)CN(CC(N)=O)c1cc2c(cc1Cl)C(O)C(=O)N2. The van der Waals surface area contributed by atoms with E-state index in [1.807, 2.05) is 13.8 Å². The maximum absolute atomic E-state index is 11.5. The molecule has 6 nitrogen and oxygen atoms in total. The molecule has 0 saturated heterocycles. The lowest BCUT2D eigenvalue weighted by Gasteiger charge is -2.26. The molecule has 0 aromatic heterocycles. The molecule has 0 radical (unpaired) electrons. The second-order valence-corrected chi connectivity index (χ2v) is 5.93. The number of aliphatic hydroxyl groups excluding tert-OH is 1. The summed E-state index contributed by atoms with van der Waals surface area (Å²) in [5, 5.41) is 12.7. The molecule has 0 saturated carbocycles. The van der Waals surface area contributed by atoms with Crippen LogP contribution in [0.3, 0.4) is 0 Å². The van der Waals surface area contributed by atoms with Gasteiger partial charge in [-0.3, -0.25) is 9.59 Å². The number of halogens is 1. The summed E-state index contributed by atoms with van der Waals surface area (Å²) in [7, 11) is 0. The van der Waals surface area contributed by atoms with Crippen molar-refractivity contribution < 1.29 is 14.7 Å². The molecule has 2 rings (SSSR count). The number of benzene rings is 1. The third-order valence-electron chi connectivity index (χ3n) is 3.19. The molecule has 1 unspecified atom stereocenters. The van der Waals surface area contributed by atoms with Crippen LogP contribution in [0.2, 0.25) is 5.02 Å². The van der Waals surface area contributed by atoms with Crippen LogP contribution in [0.1, 0.15) is 25.5 Å². The second kappa shape index (κ2) is 5.91. The third-order valence-corrected chi connectivity index (χ3v) is 3.50. The Morgan fingerprint density at radius 1 is 1.52 bits per heavy atom. The highest BCUT2D eigenvalue weighted by molar-refractivity contribution is 6.33. The Kier molecular flexibility index (Phi) is 4.39. The fourth-order valence-electron chi connectivity index (χ4n) is 2.37. The van der Waals surface area contributed by atoms with Gasteiger partial charge in [0.1, 0.15) is 0 Å². The summed E-state index contributed by atoms with van der Waals surface area (Å²) in [5.74, 6) is -0.645. The molecule has 0 spiro atoms. The highest BCUT2D eigenvalue weighted by Gasteiger charge is 2.30. The van der Waals surface area contributed by atoms with Gasteiger partial charge in [-0.2, -0.15) is 0 Å². The van der Waals surface area contributed by atoms with E-state index in [4.69, 9.17) is 17.3 Å². The molecule has 1 aliphatic rings. The largest absolute Gasteiger partial charge is 0.378 e. The molecule has 1 atom stereocenters. The van der Waals surface area contributed by atoms with Crippen molar-refractivity contribution in [2.45, 2.75) is 20.0 Å². The molecule has 7 heteroatoms. The summed E-state index contributed by atoms with van der Waals surface area (Å²) in [6, 6.07) is 3.21. The number of nitrogens with zero attached hydrogens (tertiary/aromatic N) is 1. The summed E-state index contributed by atoms with van der Waals surface area (Å²) < 4.78 is 0. The van der Waals surface area contributed by atoms with Crippen molar-refractivity contribution in [2.24, 2.45) is 11.7 Å². The maximum atomic E-state index is 11.5. The number of aliphatic hydroxyl groups is 1. The number of hydrogen-bond acceptors (Lipinski definition) is 4. The summed E-state index contributed by atoms with van der Waals surface area (Å²) in [6.07, 6.45) is -1.21. The van der Waals surface area contributed by atoms with E-state index in [2.05, 4.69) is 5.32 Å². The normalized spacial score (nSPS) is 16.8. The van der Waals surface area contributed by atoms with E-state index in [0.717, 1.165) is 0 Å². The van der Waals surface area contributed by atoms with Crippen molar-refractivity contribution in [3.8, 4) is 0 Å². The zero-order chi connectivity index (χ0) is 15.7. The van der Waals surface area contributed by atoms with Crippen molar-refractivity contribution >= 4 is 34.8 Å². The predicted octanol–water partition coefficient (Wildman–Crippen LogP) is 1.27. The lowest BCUT2D eigenvalue weighted by Crippen LogP contribution is -2.36. The van der Waals surface area contributed by atoms with Gasteiger partial charge in [-0.05, 0) is 18.1 Å². The molecule has 0 bridgehead atoms. The summed E-state index contributed by atoms with van der Waals surface area (Å²) >= 11 is 6.24. The van der Waals surface area contributed by atoms with Crippen LogP contribution in [0.15, 0.2) is 12.1 Å². The van der Waals surface area contributed by atoms with E-state index < -0.39 is 17.9 Å². The monoisotopic (exact) mass is 311 g/mol. The van der Waals surface area contributed by atoms with Crippen LogP contribution in [-0.4, -0.2) is 30.0 Å². The number of amides is 2. The summed E-state index contributed by atoms with van der Waals surface area (Å²) in [5.41, 5.74) is 6.84. The first-order valence-corrected chi connectivity index (χ1v) is 7.03. The fourth-order valence-corrected chi connectivity index (χ4v) is 2.66. The Labute approximate surface area is 127 Å². The molecule has 1 aliphatic heterocycles. The molecule has 21 heavy (non-hydrogen) atoms. The van der Waals surface area contributed by atoms with Gasteiger partial charge in [0.25, 0.3) is 5.91 Å². The van der Waals surface area contributed by atoms with Crippen LogP contribution < -0.4 is 16.0 Å². The van der Waals surface area contributed by atoms with E-state index in [1.54, 1.807) is 17.0 Å². The average Bonchev–Trinajstić information content (AvgIpc) is 2.63. The van der Waals surface area contributed by atoms with Gasteiger partial charge in [0, 0.05) is 17.8 Å². The van der Waals surface area contributed by atoms with Crippen LogP contribution in [0.5, 0.6) is 0 Å². The van der Waals surface area contributed by atoms with Crippen molar-refractivity contribution in [3.05, 3.63) is 22.7 Å². The van der Waals surface area contributed by atoms with Gasteiger partial charge in [-0.1, -0.05) is 25.4 Å². The minimum atomic E-state index is -1.21. The van der Waals surface area contributed by atoms with E-state index in [9.17, 15) is 14.7 Å². The number of fused-ring (bicyclic) bond motifs is 1. The van der Waals surface area contributed by atoms with Gasteiger partial charge < -0.3 is 21.1 Å². The number of anilines is 2. The fraction of sp³-hybridized carbons (Fsp3) is 0.429. The van der Waals surface area contributed by atoms with Gasteiger partial charge in [0.15, 0.2) is 6.10 Å². The van der Waals surface area contributed by atoms with E-state index in [-0.39, 0.29) is 6.54 Å². The topological polar surface area (TPSA) is 95.7 Å². The van der Waals surface area contributed by atoms with Gasteiger partial charge in [-0.25, -0.2) is 0 Å². The predicted molar refractivity (Wildman–Crippen MR) is 81.3 cm³/mol. The molecule has 0 fully saturated rings. The number of primary amides is 1. The zero-order valence-electron chi connectivity index (χ0n) is 11.9. The van der Waals surface area contributed by atoms with Gasteiger partial charge >= 0.3 is 0 Å². The Bertz CT molecular complexity index is 589. The molecular formula is C14H18ClN3O3. The highest BCUT2D eigenvalue weighted by Crippen LogP contribution is 2.39. The average molecular weight is 312 g/mol. The molecule has 4 N–H and O–H groups in total. The van der Waals surface area contributed by atoms with Crippen molar-refractivity contribution in [1.82, 2.24) is 0 Å². The van der Waals surface area contributed by atoms with E-state index in [1.165, 1.54) is 0 Å². The Morgan fingerprint density at radius 2 is 2.19 bits per heavy atom. The first-order valence-electron chi connectivity index (χ1n) is 6.65. The number of nitrogens with two attached hydrogens (primary N) is 1. The third kappa shape index (κ3) is 3.28. The summed E-state index contributed by atoms with van der Waals surface area (Å²) in [4.78, 5) is 24.5. The van der Waals surface area contributed by atoms with Crippen molar-refractivity contribution in [1.29, 1.82) is 0 Å². The van der Waals surface area contributed by atoms with Crippen LogP contribution in [0, 0.1) is 5.92 Å². The first-order chi connectivity index (χ1) is 9.79. The molecule has 1 heterocycles. The number of nitrogens with one attached hydrogen (secondary N) is 1. The smallest absolute Gasteiger partial charge is 0.257 e. The van der Waals surface area contributed by atoms with Crippen LogP contribution >= 0.6 is 11.6 Å². The summed E-state index contributed by atoms with van der Waals surface area (Å²) in [6.45, 7) is 4.66. The number of carbonyl (C=O) groups is 2. The van der Waals surface area contributed by atoms with Gasteiger partial charge in [-0.15, -0.1) is 0 Å². The lowest BCUT2D eigenvalue weighted by atomic mass is 10.1.